The Hall–Kier alpha value is -0.860. The molecule has 0 bridgehead atoms. The normalized spacial score (nSPS) is 11.7. The number of benzene rings is 1. The largest absolute Gasteiger partial charge is 0.370 e. The topological polar surface area (TPSA) is 21.3 Å². The third-order valence-electron chi connectivity index (χ3n) is 2.69. The summed E-state index contributed by atoms with van der Waals surface area (Å²) >= 11 is 0. The highest BCUT2D eigenvalue weighted by molar-refractivity contribution is 5.32. The van der Waals surface area contributed by atoms with Gasteiger partial charge >= 0.3 is 0 Å². The summed E-state index contributed by atoms with van der Waals surface area (Å²) in [5.41, 5.74) is 2.89. The van der Waals surface area contributed by atoms with Crippen LogP contribution in [0.4, 0.5) is 0 Å². The fourth-order valence-corrected chi connectivity index (χ4v) is 1.89. The van der Waals surface area contributed by atoms with E-state index in [1.165, 1.54) is 11.1 Å². The lowest BCUT2D eigenvalue weighted by atomic mass is 9.82. The summed E-state index contributed by atoms with van der Waals surface area (Å²) in [6.45, 7) is 8.18. The maximum absolute atomic E-state index is 4.99. The Morgan fingerprint density at radius 3 is 2.53 bits per heavy atom. The maximum Gasteiger partial charge on any atom is 0.0961 e. The van der Waals surface area contributed by atoms with Crippen LogP contribution in [0.15, 0.2) is 24.3 Å². The SMILES string of the molecule is COCNCC(C)(C)c1ccccc1C. The quantitative estimate of drug-likeness (QED) is 0.591. The van der Waals surface area contributed by atoms with Gasteiger partial charge in [0.1, 0.15) is 0 Å². The first-order valence-corrected chi connectivity index (χ1v) is 5.33. The van der Waals surface area contributed by atoms with Crippen LogP contribution in [0, 0.1) is 6.92 Å². The number of methoxy groups -OCH3 is 1. The molecular formula is C13H21NO. The van der Waals surface area contributed by atoms with Crippen molar-refractivity contribution >= 4 is 0 Å². The summed E-state index contributed by atoms with van der Waals surface area (Å²) in [6.07, 6.45) is 0. The van der Waals surface area contributed by atoms with E-state index in [4.69, 9.17) is 4.74 Å². The van der Waals surface area contributed by atoms with Crippen molar-refractivity contribution in [2.24, 2.45) is 0 Å². The monoisotopic (exact) mass is 207 g/mol. The smallest absolute Gasteiger partial charge is 0.0961 e. The van der Waals surface area contributed by atoms with Gasteiger partial charge in [0.15, 0.2) is 0 Å². The summed E-state index contributed by atoms with van der Waals surface area (Å²) in [5.74, 6) is 0. The van der Waals surface area contributed by atoms with Gasteiger partial charge in [0, 0.05) is 19.1 Å². The second-order valence-electron chi connectivity index (χ2n) is 4.56. The van der Waals surface area contributed by atoms with Crippen LogP contribution < -0.4 is 5.32 Å². The van der Waals surface area contributed by atoms with Gasteiger partial charge in [0.25, 0.3) is 0 Å². The standard InChI is InChI=1S/C13H21NO/c1-11-7-5-6-8-12(11)13(2,3)9-14-10-15-4/h5-8,14H,9-10H2,1-4H3. The first-order valence-electron chi connectivity index (χ1n) is 5.33. The van der Waals surface area contributed by atoms with Crippen molar-refractivity contribution < 1.29 is 4.74 Å². The summed E-state index contributed by atoms with van der Waals surface area (Å²) < 4.78 is 4.99. The highest BCUT2D eigenvalue weighted by atomic mass is 16.5. The van der Waals surface area contributed by atoms with Crippen molar-refractivity contribution in [2.75, 3.05) is 20.4 Å². The van der Waals surface area contributed by atoms with E-state index in [-0.39, 0.29) is 5.41 Å². The molecule has 0 atom stereocenters. The Labute approximate surface area is 92.6 Å². The molecule has 0 unspecified atom stereocenters. The Balaban J connectivity index is 2.72. The van der Waals surface area contributed by atoms with Crippen LogP contribution in [0.2, 0.25) is 0 Å². The van der Waals surface area contributed by atoms with Gasteiger partial charge in [0.05, 0.1) is 6.73 Å². The predicted molar refractivity (Wildman–Crippen MR) is 64.1 cm³/mol. The number of ether oxygens (including phenoxy) is 1. The van der Waals surface area contributed by atoms with Crippen LogP contribution in [0.25, 0.3) is 0 Å². The zero-order chi connectivity index (χ0) is 11.3. The zero-order valence-corrected chi connectivity index (χ0v) is 10.1. The van der Waals surface area contributed by atoms with E-state index in [9.17, 15) is 0 Å². The first-order chi connectivity index (χ1) is 7.08. The van der Waals surface area contributed by atoms with Crippen LogP contribution in [-0.2, 0) is 10.2 Å². The average molecular weight is 207 g/mol. The fraction of sp³-hybridized carbons (Fsp3) is 0.538. The van der Waals surface area contributed by atoms with Crippen LogP contribution >= 0.6 is 0 Å². The fourth-order valence-electron chi connectivity index (χ4n) is 1.89. The molecule has 0 amide bonds. The molecule has 84 valence electrons. The molecule has 0 saturated carbocycles. The molecule has 0 aliphatic heterocycles. The van der Waals surface area contributed by atoms with Gasteiger partial charge in [0.2, 0.25) is 0 Å². The Morgan fingerprint density at radius 1 is 1.27 bits per heavy atom. The second-order valence-corrected chi connectivity index (χ2v) is 4.56. The third-order valence-corrected chi connectivity index (χ3v) is 2.69. The summed E-state index contributed by atoms with van der Waals surface area (Å²) in [6, 6.07) is 8.54. The lowest BCUT2D eigenvalue weighted by molar-refractivity contribution is 0.169. The van der Waals surface area contributed by atoms with Crippen LogP contribution in [0.1, 0.15) is 25.0 Å². The number of aryl methyl sites for hydroxylation is 1. The van der Waals surface area contributed by atoms with Crippen molar-refractivity contribution in [1.82, 2.24) is 5.32 Å². The molecule has 0 heterocycles. The molecule has 0 fully saturated rings. The van der Waals surface area contributed by atoms with E-state index in [0.29, 0.717) is 6.73 Å². The van der Waals surface area contributed by atoms with E-state index in [1.807, 2.05) is 0 Å². The van der Waals surface area contributed by atoms with Crippen molar-refractivity contribution in [3.05, 3.63) is 35.4 Å². The van der Waals surface area contributed by atoms with E-state index in [1.54, 1.807) is 7.11 Å². The Morgan fingerprint density at radius 2 is 1.93 bits per heavy atom. The summed E-state index contributed by atoms with van der Waals surface area (Å²) in [7, 11) is 1.70. The highest BCUT2D eigenvalue weighted by Crippen LogP contribution is 2.25. The van der Waals surface area contributed by atoms with Gasteiger partial charge in [-0.25, -0.2) is 0 Å². The molecule has 0 aliphatic carbocycles. The summed E-state index contributed by atoms with van der Waals surface area (Å²) in [4.78, 5) is 0. The molecule has 1 rings (SSSR count). The van der Waals surface area contributed by atoms with Gasteiger partial charge in [-0.15, -0.1) is 0 Å². The van der Waals surface area contributed by atoms with Gasteiger partial charge in [-0.3, -0.25) is 5.32 Å². The van der Waals surface area contributed by atoms with Crippen LogP contribution in [0.3, 0.4) is 0 Å². The van der Waals surface area contributed by atoms with Crippen LogP contribution in [-0.4, -0.2) is 20.4 Å². The van der Waals surface area contributed by atoms with Crippen molar-refractivity contribution in [1.29, 1.82) is 0 Å². The minimum Gasteiger partial charge on any atom is -0.370 e. The molecule has 0 aliphatic rings. The predicted octanol–water partition coefficient (Wildman–Crippen LogP) is 2.47. The lowest BCUT2D eigenvalue weighted by Gasteiger charge is -2.27. The minimum atomic E-state index is 0.143. The summed E-state index contributed by atoms with van der Waals surface area (Å²) in [5, 5.41) is 3.28. The van der Waals surface area contributed by atoms with Crippen molar-refractivity contribution in [3.63, 3.8) is 0 Å². The minimum absolute atomic E-state index is 0.143. The molecule has 0 radical (unpaired) electrons. The zero-order valence-electron chi connectivity index (χ0n) is 10.1. The number of hydrogen-bond acceptors (Lipinski definition) is 2. The van der Waals surface area contributed by atoms with Gasteiger partial charge in [-0.2, -0.15) is 0 Å². The lowest BCUT2D eigenvalue weighted by Crippen LogP contribution is -2.34. The van der Waals surface area contributed by atoms with E-state index >= 15 is 0 Å². The Kier molecular flexibility index (Phi) is 4.30. The van der Waals surface area contributed by atoms with E-state index < -0.39 is 0 Å². The molecule has 1 aromatic carbocycles. The molecule has 0 spiro atoms. The van der Waals surface area contributed by atoms with Gasteiger partial charge in [-0.05, 0) is 18.1 Å². The van der Waals surface area contributed by atoms with E-state index in [0.717, 1.165) is 6.54 Å². The second kappa shape index (κ2) is 5.29. The van der Waals surface area contributed by atoms with Crippen LogP contribution in [0.5, 0.6) is 0 Å². The highest BCUT2D eigenvalue weighted by Gasteiger charge is 2.21. The van der Waals surface area contributed by atoms with Crippen molar-refractivity contribution in [2.45, 2.75) is 26.2 Å². The first kappa shape index (κ1) is 12.2. The van der Waals surface area contributed by atoms with Gasteiger partial charge < -0.3 is 4.74 Å². The molecule has 1 N–H and O–H groups in total. The molecule has 1 aromatic rings. The number of rotatable bonds is 5. The Bertz CT molecular complexity index is 307. The third kappa shape index (κ3) is 3.33. The number of nitrogens with one attached hydrogen (secondary N) is 1. The maximum atomic E-state index is 4.99. The molecular weight excluding hydrogens is 186 g/mol. The number of hydrogen-bond donors (Lipinski definition) is 1. The molecule has 0 saturated heterocycles. The molecule has 0 aromatic heterocycles. The van der Waals surface area contributed by atoms with Gasteiger partial charge in [-0.1, -0.05) is 38.1 Å². The molecule has 15 heavy (non-hydrogen) atoms. The van der Waals surface area contributed by atoms with E-state index in [2.05, 4.69) is 50.4 Å². The molecule has 2 nitrogen and oxygen atoms in total. The average Bonchev–Trinajstić information content (AvgIpc) is 2.18. The molecule has 2 heteroatoms. The van der Waals surface area contributed by atoms with Crippen molar-refractivity contribution in [3.8, 4) is 0 Å².